The molecule has 0 saturated carbocycles. The number of esters is 1. The van der Waals surface area contributed by atoms with Crippen LogP contribution in [0, 0.1) is 5.82 Å². The summed E-state index contributed by atoms with van der Waals surface area (Å²) in [6.07, 6.45) is 0.369. The molecule has 1 aromatic carbocycles. The molecule has 0 aromatic heterocycles. The minimum Gasteiger partial charge on any atom is -0.468 e. The zero-order valence-corrected chi connectivity index (χ0v) is 12.1. The molecule has 0 radical (unpaired) electrons. The number of nitrogens with one attached hydrogen (secondary N) is 1. The third kappa shape index (κ3) is 4.90. The second-order valence-electron chi connectivity index (χ2n) is 4.94. The molecule has 20 heavy (non-hydrogen) atoms. The van der Waals surface area contributed by atoms with Crippen LogP contribution in [-0.4, -0.2) is 36.4 Å². The van der Waals surface area contributed by atoms with E-state index in [0.717, 1.165) is 0 Å². The summed E-state index contributed by atoms with van der Waals surface area (Å²) >= 11 is 0. The van der Waals surface area contributed by atoms with Gasteiger partial charge in [0.1, 0.15) is 11.9 Å². The van der Waals surface area contributed by atoms with Crippen LogP contribution in [0.2, 0.25) is 0 Å². The smallest absolute Gasteiger partial charge is 0.325 e. The zero-order valence-electron chi connectivity index (χ0n) is 12.1. The highest BCUT2D eigenvalue weighted by atomic mass is 19.1. The average Bonchev–Trinajstić information content (AvgIpc) is 2.42. The summed E-state index contributed by atoms with van der Waals surface area (Å²) in [4.78, 5) is 11.5. The minimum absolute atomic E-state index is 0.0479. The number of ether oxygens (including phenoxy) is 1. The summed E-state index contributed by atoms with van der Waals surface area (Å²) in [6, 6.07) is 5.81. The van der Waals surface area contributed by atoms with E-state index in [9.17, 15) is 14.3 Å². The summed E-state index contributed by atoms with van der Waals surface area (Å²) in [7, 11) is 1.28. The van der Waals surface area contributed by atoms with Gasteiger partial charge in [0, 0.05) is 6.04 Å². The third-order valence-electron chi connectivity index (χ3n) is 3.21. The fourth-order valence-corrected chi connectivity index (χ4v) is 1.99. The van der Waals surface area contributed by atoms with E-state index in [4.69, 9.17) is 0 Å². The van der Waals surface area contributed by atoms with Gasteiger partial charge in [-0.2, -0.15) is 0 Å². The fraction of sp³-hybridized carbons (Fsp3) is 0.533. The Balaban J connectivity index is 2.52. The number of carbonyl (C=O) groups is 1. The lowest BCUT2D eigenvalue weighted by atomic mass is 10.0. The molecule has 3 atom stereocenters. The summed E-state index contributed by atoms with van der Waals surface area (Å²) in [5, 5.41) is 12.6. The van der Waals surface area contributed by atoms with Gasteiger partial charge in [-0.3, -0.25) is 10.1 Å². The predicted molar refractivity (Wildman–Crippen MR) is 74.8 cm³/mol. The molecule has 0 aliphatic carbocycles. The zero-order chi connectivity index (χ0) is 15.1. The molecule has 5 heteroatoms. The molecule has 2 N–H and O–H groups in total. The van der Waals surface area contributed by atoms with E-state index in [1.165, 1.54) is 20.1 Å². The monoisotopic (exact) mass is 283 g/mol. The molecule has 0 aliphatic heterocycles. The van der Waals surface area contributed by atoms with Crippen LogP contribution in [0.5, 0.6) is 0 Å². The van der Waals surface area contributed by atoms with E-state index in [1.807, 2.05) is 6.92 Å². The molecule has 0 bridgehead atoms. The summed E-state index contributed by atoms with van der Waals surface area (Å²) in [6.45, 7) is 3.41. The number of aliphatic hydroxyl groups is 1. The molecule has 0 saturated heterocycles. The molecule has 0 aliphatic rings. The van der Waals surface area contributed by atoms with Crippen LogP contribution in [0.25, 0.3) is 0 Å². The number of aryl methyl sites for hydroxylation is 1. The Morgan fingerprint density at radius 2 is 2.05 bits per heavy atom. The average molecular weight is 283 g/mol. The maximum absolute atomic E-state index is 13.5. The van der Waals surface area contributed by atoms with Gasteiger partial charge in [-0.15, -0.1) is 0 Å². The van der Waals surface area contributed by atoms with Crippen LogP contribution in [0.3, 0.4) is 0 Å². The summed E-state index contributed by atoms with van der Waals surface area (Å²) in [5.74, 6) is -0.725. The van der Waals surface area contributed by atoms with Crippen molar-refractivity contribution in [1.82, 2.24) is 5.32 Å². The lowest BCUT2D eigenvalue weighted by Crippen LogP contribution is -2.49. The van der Waals surface area contributed by atoms with Crippen LogP contribution < -0.4 is 5.32 Å². The lowest BCUT2D eigenvalue weighted by Gasteiger charge is -2.23. The van der Waals surface area contributed by atoms with Gasteiger partial charge in [-0.05, 0) is 38.3 Å². The highest BCUT2D eigenvalue weighted by molar-refractivity contribution is 5.76. The van der Waals surface area contributed by atoms with E-state index in [1.54, 1.807) is 18.2 Å². The molecule has 4 nitrogen and oxygen atoms in total. The number of aliphatic hydroxyl groups excluding tert-OH is 1. The number of carbonyl (C=O) groups excluding carboxylic acids is 1. The van der Waals surface area contributed by atoms with Crippen LogP contribution in [0.15, 0.2) is 24.3 Å². The van der Waals surface area contributed by atoms with Crippen LogP contribution >= 0.6 is 0 Å². The van der Waals surface area contributed by atoms with Gasteiger partial charge in [0.15, 0.2) is 0 Å². The van der Waals surface area contributed by atoms with Gasteiger partial charge in [-0.25, -0.2) is 4.39 Å². The van der Waals surface area contributed by atoms with Crippen molar-refractivity contribution in [2.45, 2.75) is 44.9 Å². The standard InChI is InChI=1S/C15H22FNO3/c1-10(17-14(11(2)18)15(19)20-3)8-9-12-6-4-5-7-13(12)16/h4-7,10-11,14,17-18H,8-9H2,1-3H3/t10-,11-,14+/m0/s1. The Kier molecular flexibility index (Phi) is 6.61. The molecule has 1 rings (SSSR count). The number of hydrogen-bond donors (Lipinski definition) is 2. The van der Waals surface area contributed by atoms with Crippen molar-refractivity contribution in [2.75, 3.05) is 7.11 Å². The topological polar surface area (TPSA) is 58.6 Å². The number of hydrogen-bond acceptors (Lipinski definition) is 4. The molecular formula is C15H22FNO3. The second kappa shape index (κ2) is 7.97. The van der Waals surface area contributed by atoms with E-state index in [0.29, 0.717) is 18.4 Å². The molecule has 0 amide bonds. The van der Waals surface area contributed by atoms with Crippen molar-refractivity contribution in [3.8, 4) is 0 Å². The molecule has 1 aromatic rings. The van der Waals surface area contributed by atoms with E-state index in [2.05, 4.69) is 10.1 Å². The Morgan fingerprint density at radius 3 is 2.60 bits per heavy atom. The maximum atomic E-state index is 13.5. The molecule has 0 spiro atoms. The highest BCUT2D eigenvalue weighted by Crippen LogP contribution is 2.11. The normalized spacial score (nSPS) is 15.4. The number of rotatable bonds is 7. The van der Waals surface area contributed by atoms with E-state index < -0.39 is 18.1 Å². The third-order valence-corrected chi connectivity index (χ3v) is 3.21. The van der Waals surface area contributed by atoms with Crippen molar-refractivity contribution in [3.63, 3.8) is 0 Å². The molecule has 0 heterocycles. The highest BCUT2D eigenvalue weighted by Gasteiger charge is 2.25. The first-order valence-corrected chi connectivity index (χ1v) is 6.71. The number of methoxy groups -OCH3 is 1. The van der Waals surface area contributed by atoms with Gasteiger partial charge in [0.05, 0.1) is 13.2 Å². The quantitative estimate of drug-likeness (QED) is 0.747. The van der Waals surface area contributed by atoms with Crippen molar-refractivity contribution in [2.24, 2.45) is 0 Å². The van der Waals surface area contributed by atoms with Gasteiger partial charge in [0.2, 0.25) is 0 Å². The van der Waals surface area contributed by atoms with E-state index >= 15 is 0 Å². The van der Waals surface area contributed by atoms with Crippen LogP contribution in [-0.2, 0) is 16.0 Å². The predicted octanol–water partition coefficient (Wildman–Crippen LogP) is 1.66. The second-order valence-corrected chi connectivity index (χ2v) is 4.94. The van der Waals surface area contributed by atoms with Crippen LogP contribution in [0.1, 0.15) is 25.8 Å². The summed E-state index contributed by atoms with van der Waals surface area (Å²) < 4.78 is 18.1. The van der Waals surface area contributed by atoms with Gasteiger partial charge in [-0.1, -0.05) is 18.2 Å². The molecular weight excluding hydrogens is 261 g/mol. The Labute approximate surface area is 119 Å². The Bertz CT molecular complexity index is 437. The Hall–Kier alpha value is -1.46. The van der Waals surface area contributed by atoms with Crippen molar-refractivity contribution in [1.29, 1.82) is 0 Å². The molecule has 0 fully saturated rings. The molecule has 112 valence electrons. The maximum Gasteiger partial charge on any atom is 0.325 e. The van der Waals surface area contributed by atoms with Crippen LogP contribution in [0.4, 0.5) is 4.39 Å². The summed E-state index contributed by atoms with van der Waals surface area (Å²) in [5.41, 5.74) is 0.646. The van der Waals surface area contributed by atoms with E-state index in [-0.39, 0.29) is 11.9 Å². The van der Waals surface area contributed by atoms with Gasteiger partial charge >= 0.3 is 5.97 Å². The lowest BCUT2D eigenvalue weighted by molar-refractivity contribution is -0.146. The fourth-order valence-electron chi connectivity index (χ4n) is 1.99. The molecule has 0 unspecified atom stereocenters. The van der Waals surface area contributed by atoms with Crippen molar-refractivity contribution in [3.05, 3.63) is 35.6 Å². The van der Waals surface area contributed by atoms with Gasteiger partial charge in [0.25, 0.3) is 0 Å². The first kappa shape index (κ1) is 16.6. The number of benzene rings is 1. The Morgan fingerprint density at radius 1 is 1.40 bits per heavy atom. The van der Waals surface area contributed by atoms with Crippen molar-refractivity contribution < 1.29 is 19.0 Å². The number of halogens is 1. The first-order chi connectivity index (χ1) is 9.45. The van der Waals surface area contributed by atoms with Crippen molar-refractivity contribution >= 4 is 5.97 Å². The van der Waals surface area contributed by atoms with Gasteiger partial charge < -0.3 is 9.84 Å². The minimum atomic E-state index is -0.849. The SMILES string of the molecule is COC(=O)[C@H](N[C@@H](C)CCc1ccccc1F)[C@H](C)O. The largest absolute Gasteiger partial charge is 0.468 e. The first-order valence-electron chi connectivity index (χ1n) is 6.71.